The van der Waals surface area contributed by atoms with E-state index in [1.807, 2.05) is 6.92 Å². The zero-order valence-corrected chi connectivity index (χ0v) is 11.2. The first kappa shape index (κ1) is 13.9. The molecule has 0 unspecified atom stereocenters. The monoisotopic (exact) mass is 270 g/mol. The highest BCUT2D eigenvalue weighted by Gasteiger charge is 2.18. The molecule has 20 heavy (non-hydrogen) atoms. The number of nitrogens with one attached hydrogen (secondary N) is 1. The number of allylic oxidation sites excluding steroid dienone is 4. The second-order valence-corrected chi connectivity index (χ2v) is 4.35. The first-order valence-electron chi connectivity index (χ1n) is 6.31. The number of carbonyl (C=O) groups is 1. The molecule has 0 atom stereocenters. The van der Waals surface area contributed by atoms with E-state index in [1.165, 1.54) is 18.3 Å². The molecule has 1 N–H and O–H groups in total. The van der Waals surface area contributed by atoms with Gasteiger partial charge in [-0.3, -0.25) is 10.2 Å². The molecular weight excluding hydrogens is 255 g/mol. The molecule has 0 amide bonds. The highest BCUT2D eigenvalue weighted by atomic mass is 19.1. The molecule has 0 aromatic heterocycles. The van der Waals surface area contributed by atoms with E-state index in [9.17, 15) is 9.18 Å². The van der Waals surface area contributed by atoms with Crippen molar-refractivity contribution in [3.8, 4) is 0 Å². The number of carbonyl (C=O) groups excluding carboxylic acids is 1. The topological polar surface area (TPSA) is 41.5 Å². The van der Waals surface area contributed by atoms with Crippen LogP contribution in [0.3, 0.4) is 0 Å². The van der Waals surface area contributed by atoms with Crippen molar-refractivity contribution in [2.24, 2.45) is 5.10 Å². The van der Waals surface area contributed by atoms with E-state index >= 15 is 0 Å². The average molecular weight is 270 g/mol. The van der Waals surface area contributed by atoms with Crippen molar-refractivity contribution in [3.05, 3.63) is 71.2 Å². The van der Waals surface area contributed by atoms with Gasteiger partial charge in [-0.05, 0) is 35.8 Å². The summed E-state index contributed by atoms with van der Waals surface area (Å²) in [5.41, 5.74) is 4.47. The van der Waals surface area contributed by atoms with Crippen LogP contribution in [0.15, 0.2) is 64.9 Å². The summed E-state index contributed by atoms with van der Waals surface area (Å²) in [5, 5.41) is 3.96. The molecule has 0 saturated carbocycles. The summed E-state index contributed by atoms with van der Waals surface area (Å²) in [6.45, 7) is 5.86. The highest BCUT2D eigenvalue weighted by molar-refractivity contribution is 6.12. The van der Waals surface area contributed by atoms with Crippen molar-refractivity contribution in [1.29, 1.82) is 0 Å². The van der Waals surface area contributed by atoms with Crippen LogP contribution in [0.2, 0.25) is 0 Å². The van der Waals surface area contributed by atoms with Gasteiger partial charge in [0, 0.05) is 11.8 Å². The Bertz CT molecular complexity index is 642. The fourth-order valence-electron chi connectivity index (χ4n) is 1.85. The lowest BCUT2D eigenvalue weighted by Crippen LogP contribution is -2.12. The number of hydrogen-bond acceptors (Lipinski definition) is 3. The maximum atomic E-state index is 13.7. The van der Waals surface area contributed by atoms with Gasteiger partial charge in [-0.2, -0.15) is 5.10 Å². The van der Waals surface area contributed by atoms with Crippen molar-refractivity contribution >= 4 is 12.0 Å². The van der Waals surface area contributed by atoms with Gasteiger partial charge in [-0.25, -0.2) is 4.39 Å². The van der Waals surface area contributed by atoms with Crippen LogP contribution in [0.4, 0.5) is 4.39 Å². The molecule has 1 aliphatic heterocycles. The normalized spacial score (nSPS) is 21.6. The Labute approximate surface area is 117 Å². The van der Waals surface area contributed by atoms with Gasteiger partial charge < -0.3 is 0 Å². The van der Waals surface area contributed by atoms with E-state index in [2.05, 4.69) is 17.1 Å². The number of hydrogen-bond donors (Lipinski definition) is 1. The van der Waals surface area contributed by atoms with E-state index in [1.54, 1.807) is 24.4 Å². The van der Waals surface area contributed by atoms with E-state index in [4.69, 9.17) is 0 Å². The molecule has 0 fully saturated rings. The van der Waals surface area contributed by atoms with Gasteiger partial charge in [0.25, 0.3) is 0 Å². The first-order valence-corrected chi connectivity index (χ1v) is 6.31. The van der Waals surface area contributed by atoms with Crippen molar-refractivity contribution in [2.75, 3.05) is 0 Å². The van der Waals surface area contributed by atoms with Crippen LogP contribution in [0.5, 0.6) is 0 Å². The van der Waals surface area contributed by atoms with E-state index in [0.717, 1.165) is 12.0 Å². The molecule has 0 spiro atoms. The molecule has 102 valence electrons. The van der Waals surface area contributed by atoms with Crippen molar-refractivity contribution in [1.82, 2.24) is 5.43 Å². The van der Waals surface area contributed by atoms with Crippen LogP contribution in [0, 0.1) is 5.82 Å². The van der Waals surface area contributed by atoms with Gasteiger partial charge in [0.05, 0.1) is 11.8 Å². The van der Waals surface area contributed by atoms with Crippen molar-refractivity contribution < 1.29 is 9.18 Å². The SMILES string of the molecule is C=C1/C=C(CC)\C=N/N/C=C\1C(=O)c1ccccc1F. The molecule has 0 radical (unpaired) electrons. The van der Waals surface area contributed by atoms with Gasteiger partial charge >= 0.3 is 0 Å². The molecular formula is C16H15FN2O. The number of rotatable bonds is 3. The third-order valence-electron chi connectivity index (χ3n) is 2.99. The summed E-state index contributed by atoms with van der Waals surface area (Å²) in [4.78, 5) is 12.4. The maximum absolute atomic E-state index is 13.7. The third kappa shape index (κ3) is 2.91. The van der Waals surface area contributed by atoms with Crippen LogP contribution in [0.1, 0.15) is 23.7 Å². The Morgan fingerprint density at radius 2 is 2.15 bits per heavy atom. The zero-order valence-electron chi connectivity index (χ0n) is 11.2. The van der Waals surface area contributed by atoms with Gasteiger partial charge in [-0.15, -0.1) is 0 Å². The van der Waals surface area contributed by atoms with Crippen LogP contribution >= 0.6 is 0 Å². The molecule has 0 saturated heterocycles. The molecule has 1 aromatic carbocycles. The predicted octanol–water partition coefficient (Wildman–Crippen LogP) is 3.37. The van der Waals surface area contributed by atoms with Gasteiger partial charge in [0.1, 0.15) is 5.82 Å². The Kier molecular flexibility index (Phi) is 4.25. The Morgan fingerprint density at radius 3 is 2.85 bits per heavy atom. The highest BCUT2D eigenvalue weighted by Crippen LogP contribution is 2.20. The van der Waals surface area contributed by atoms with Crippen molar-refractivity contribution in [3.63, 3.8) is 0 Å². The summed E-state index contributed by atoms with van der Waals surface area (Å²) in [5.74, 6) is -0.958. The molecule has 1 heterocycles. The molecule has 3 nitrogen and oxygen atoms in total. The quantitative estimate of drug-likeness (QED) is 0.855. The molecule has 0 bridgehead atoms. The molecule has 0 aliphatic carbocycles. The second-order valence-electron chi connectivity index (χ2n) is 4.35. The van der Waals surface area contributed by atoms with Crippen LogP contribution in [-0.4, -0.2) is 12.0 Å². The van der Waals surface area contributed by atoms with Gasteiger partial charge in [0.2, 0.25) is 0 Å². The fourth-order valence-corrected chi connectivity index (χ4v) is 1.85. The summed E-state index contributed by atoms with van der Waals surface area (Å²) in [7, 11) is 0. The number of ketones is 1. The van der Waals surface area contributed by atoms with Gasteiger partial charge in [-0.1, -0.05) is 25.6 Å². The first-order chi connectivity index (χ1) is 9.63. The number of hydrazone groups is 1. The van der Waals surface area contributed by atoms with Crippen LogP contribution < -0.4 is 5.43 Å². The summed E-state index contributed by atoms with van der Waals surface area (Å²) >= 11 is 0. The number of nitrogens with zero attached hydrogens (tertiary/aromatic N) is 1. The Morgan fingerprint density at radius 1 is 1.40 bits per heavy atom. The Balaban J connectivity index is 2.39. The molecule has 4 heteroatoms. The largest absolute Gasteiger partial charge is 0.288 e. The van der Waals surface area contributed by atoms with Gasteiger partial charge in [0.15, 0.2) is 5.78 Å². The lowest BCUT2D eigenvalue weighted by molar-refractivity contribution is 0.103. The minimum atomic E-state index is -0.545. The third-order valence-corrected chi connectivity index (χ3v) is 2.99. The smallest absolute Gasteiger partial charge is 0.198 e. The number of Topliss-reactive ketones (excluding diaryl/α,β-unsaturated/α-hetero) is 1. The zero-order chi connectivity index (χ0) is 14.5. The predicted molar refractivity (Wildman–Crippen MR) is 78.0 cm³/mol. The minimum Gasteiger partial charge on any atom is -0.288 e. The number of benzene rings is 1. The number of halogens is 1. The minimum absolute atomic E-state index is 0.0256. The molecule has 2 rings (SSSR count). The lowest BCUT2D eigenvalue weighted by Gasteiger charge is -2.11. The standard InChI is InChI=1S/C16H15FN2O/c1-3-12-8-11(2)14(10-19-18-9-12)16(20)13-6-4-5-7-15(13)17/h4-10,19H,2-3H2,1H3/b12-8-,14-10+,18-9-. The lowest BCUT2D eigenvalue weighted by atomic mass is 9.96. The maximum Gasteiger partial charge on any atom is 0.198 e. The van der Waals surface area contributed by atoms with E-state index in [0.29, 0.717) is 11.1 Å². The average Bonchev–Trinajstić information content (AvgIpc) is 2.43. The summed E-state index contributed by atoms with van der Waals surface area (Å²) < 4.78 is 13.7. The summed E-state index contributed by atoms with van der Waals surface area (Å²) in [6, 6.07) is 5.89. The second kappa shape index (κ2) is 6.10. The van der Waals surface area contributed by atoms with Crippen LogP contribution in [-0.2, 0) is 0 Å². The van der Waals surface area contributed by atoms with Crippen molar-refractivity contribution in [2.45, 2.75) is 13.3 Å². The fraction of sp³-hybridized carbons (Fsp3) is 0.125. The Hall–Kier alpha value is -2.49. The van der Waals surface area contributed by atoms with E-state index < -0.39 is 11.6 Å². The van der Waals surface area contributed by atoms with E-state index in [-0.39, 0.29) is 5.56 Å². The van der Waals surface area contributed by atoms with Crippen LogP contribution in [0.25, 0.3) is 0 Å². The molecule has 1 aromatic rings. The molecule has 1 aliphatic rings. The summed E-state index contributed by atoms with van der Waals surface area (Å²) in [6.07, 6.45) is 5.67.